The molecular formula is C26H27N5O3. The second kappa shape index (κ2) is 9.06. The molecule has 2 N–H and O–H groups in total. The third kappa shape index (κ3) is 4.35. The molecule has 174 valence electrons. The Morgan fingerprint density at radius 3 is 2.56 bits per heavy atom. The van der Waals surface area contributed by atoms with E-state index in [-0.39, 0.29) is 18.1 Å². The van der Waals surface area contributed by atoms with Crippen molar-refractivity contribution in [1.82, 2.24) is 19.5 Å². The van der Waals surface area contributed by atoms with Crippen LogP contribution in [0.15, 0.2) is 53.5 Å². The summed E-state index contributed by atoms with van der Waals surface area (Å²) in [5.74, 6) is 0.590. The molecule has 0 aliphatic carbocycles. The van der Waals surface area contributed by atoms with Crippen molar-refractivity contribution < 1.29 is 9.47 Å². The summed E-state index contributed by atoms with van der Waals surface area (Å²) < 4.78 is 13.1. The fourth-order valence-corrected chi connectivity index (χ4v) is 4.25. The maximum atomic E-state index is 13.7. The second-order valence-electron chi connectivity index (χ2n) is 8.72. The highest BCUT2D eigenvalue weighted by atomic mass is 16.7. The molecular weight excluding hydrogens is 430 g/mol. The van der Waals surface area contributed by atoms with E-state index in [0.29, 0.717) is 30.2 Å². The quantitative estimate of drug-likeness (QED) is 0.502. The molecule has 8 nitrogen and oxygen atoms in total. The second-order valence-corrected chi connectivity index (χ2v) is 8.72. The van der Waals surface area contributed by atoms with Crippen LogP contribution in [0.4, 0.5) is 0 Å². The maximum absolute atomic E-state index is 13.7. The summed E-state index contributed by atoms with van der Waals surface area (Å²) in [7, 11) is 0. The van der Waals surface area contributed by atoms with E-state index < -0.39 is 6.29 Å². The Hall–Kier alpha value is -3.46. The predicted octanol–water partition coefficient (Wildman–Crippen LogP) is 3.15. The summed E-state index contributed by atoms with van der Waals surface area (Å²) in [6.45, 7) is 6.77. The first-order valence-electron chi connectivity index (χ1n) is 11.3. The van der Waals surface area contributed by atoms with E-state index in [1.165, 1.54) is 0 Å². The molecule has 0 spiro atoms. The van der Waals surface area contributed by atoms with Crippen LogP contribution in [-0.4, -0.2) is 45.1 Å². The first-order chi connectivity index (χ1) is 16.4. The predicted molar refractivity (Wildman–Crippen MR) is 130 cm³/mol. The van der Waals surface area contributed by atoms with Gasteiger partial charge in [-0.15, -0.1) is 0 Å². The number of hydrogen-bond acceptors (Lipinski definition) is 7. The van der Waals surface area contributed by atoms with Gasteiger partial charge in [0.15, 0.2) is 6.29 Å². The van der Waals surface area contributed by atoms with E-state index in [0.717, 1.165) is 33.5 Å². The molecule has 8 heteroatoms. The number of hydrogen-bond donors (Lipinski definition) is 1. The van der Waals surface area contributed by atoms with Gasteiger partial charge in [0.1, 0.15) is 11.5 Å². The molecule has 4 heterocycles. The fraction of sp³-hybridized carbons (Fsp3) is 0.308. The molecule has 5 rings (SSSR count). The van der Waals surface area contributed by atoms with Crippen LogP contribution in [-0.2, 0) is 16.0 Å². The van der Waals surface area contributed by atoms with E-state index in [2.05, 4.69) is 21.0 Å². The molecule has 1 aliphatic rings. The van der Waals surface area contributed by atoms with Gasteiger partial charge in [0.05, 0.1) is 31.5 Å². The van der Waals surface area contributed by atoms with Crippen LogP contribution in [0.1, 0.15) is 17.1 Å². The van der Waals surface area contributed by atoms with Gasteiger partial charge >= 0.3 is 0 Å². The number of aromatic nitrogens is 4. The average molecular weight is 458 g/mol. The number of benzene rings is 1. The highest BCUT2D eigenvalue weighted by molar-refractivity contribution is 5.82. The van der Waals surface area contributed by atoms with Gasteiger partial charge in [-0.1, -0.05) is 18.2 Å². The average Bonchev–Trinajstić information content (AvgIpc) is 2.82. The molecule has 0 atom stereocenters. The minimum absolute atomic E-state index is 0.155. The van der Waals surface area contributed by atoms with E-state index in [1.807, 2.05) is 50.2 Å². The van der Waals surface area contributed by atoms with Crippen molar-refractivity contribution in [3.8, 4) is 22.4 Å². The molecule has 1 fully saturated rings. The van der Waals surface area contributed by atoms with Crippen molar-refractivity contribution in [2.75, 3.05) is 13.2 Å². The van der Waals surface area contributed by atoms with E-state index in [4.69, 9.17) is 15.2 Å². The normalized spacial score (nSPS) is 18.4. The summed E-state index contributed by atoms with van der Waals surface area (Å²) in [5, 5.41) is 0.775. The Labute approximate surface area is 197 Å². The van der Waals surface area contributed by atoms with Gasteiger partial charge in [-0.05, 0) is 56.2 Å². The largest absolute Gasteiger partial charge is 0.349 e. The lowest BCUT2D eigenvalue weighted by atomic mass is 9.97. The maximum Gasteiger partial charge on any atom is 0.260 e. The number of ether oxygens (including phenoxy) is 2. The van der Waals surface area contributed by atoms with E-state index in [9.17, 15) is 4.79 Å². The van der Waals surface area contributed by atoms with Crippen molar-refractivity contribution in [1.29, 1.82) is 0 Å². The fourth-order valence-electron chi connectivity index (χ4n) is 4.25. The third-order valence-electron chi connectivity index (χ3n) is 5.97. The molecule has 0 unspecified atom stereocenters. The zero-order chi connectivity index (χ0) is 23.8. The lowest BCUT2D eigenvalue weighted by molar-refractivity contribution is -0.191. The Balaban J connectivity index is 1.60. The van der Waals surface area contributed by atoms with Crippen LogP contribution in [0.2, 0.25) is 0 Å². The smallest absolute Gasteiger partial charge is 0.260 e. The van der Waals surface area contributed by atoms with Crippen molar-refractivity contribution in [3.05, 3.63) is 76.1 Å². The van der Waals surface area contributed by atoms with Gasteiger partial charge in [-0.2, -0.15) is 0 Å². The number of nitrogens with two attached hydrogens (primary N) is 1. The van der Waals surface area contributed by atoms with Crippen LogP contribution >= 0.6 is 0 Å². The summed E-state index contributed by atoms with van der Waals surface area (Å²) >= 11 is 0. The lowest BCUT2D eigenvalue weighted by Gasteiger charge is -2.28. The number of fused-ring (bicyclic) bond motifs is 1. The Morgan fingerprint density at radius 1 is 1.03 bits per heavy atom. The molecule has 1 aromatic carbocycles. The van der Waals surface area contributed by atoms with Crippen LogP contribution in [0.25, 0.3) is 33.4 Å². The number of pyridine rings is 2. The highest BCUT2D eigenvalue weighted by Gasteiger charge is 2.23. The van der Waals surface area contributed by atoms with Gasteiger partial charge in [0, 0.05) is 28.4 Å². The minimum Gasteiger partial charge on any atom is -0.349 e. The van der Waals surface area contributed by atoms with Gasteiger partial charge in [0.2, 0.25) is 0 Å². The Morgan fingerprint density at radius 2 is 1.82 bits per heavy atom. The zero-order valence-electron chi connectivity index (χ0n) is 19.5. The molecule has 0 bridgehead atoms. The molecule has 3 aromatic heterocycles. The Bertz CT molecular complexity index is 1420. The topological polar surface area (TPSA) is 105 Å². The lowest BCUT2D eigenvalue weighted by Crippen LogP contribution is -2.43. The first-order valence-corrected chi connectivity index (χ1v) is 11.3. The zero-order valence-corrected chi connectivity index (χ0v) is 19.5. The number of rotatable bonds is 4. The minimum atomic E-state index is -0.568. The van der Waals surface area contributed by atoms with E-state index in [1.54, 1.807) is 17.7 Å². The molecule has 4 aromatic rings. The van der Waals surface area contributed by atoms with Gasteiger partial charge in [-0.3, -0.25) is 14.3 Å². The Kier molecular flexibility index (Phi) is 5.95. The monoisotopic (exact) mass is 457 g/mol. The molecule has 0 amide bonds. The van der Waals surface area contributed by atoms with Crippen LogP contribution < -0.4 is 11.3 Å². The summed E-state index contributed by atoms with van der Waals surface area (Å²) in [5.41, 5.74) is 11.5. The number of aryl methyl sites for hydroxylation is 3. The van der Waals surface area contributed by atoms with Crippen molar-refractivity contribution in [2.45, 2.75) is 39.6 Å². The van der Waals surface area contributed by atoms with Gasteiger partial charge in [0.25, 0.3) is 5.56 Å². The van der Waals surface area contributed by atoms with Gasteiger partial charge < -0.3 is 15.2 Å². The van der Waals surface area contributed by atoms with E-state index >= 15 is 0 Å². The standard InChI is InChI=1S/C26H27N5O3/c1-15-9-18(23-6-4-5-16(2)29-23)7-8-21(15)22-10-19-11-28-17(3)30-25(19)31(26(22)32)12-24-33-13-20(27)14-34-24/h4-11,20,24H,12-14,27H2,1-3H3. The molecule has 0 saturated carbocycles. The first kappa shape index (κ1) is 22.3. The highest BCUT2D eigenvalue weighted by Crippen LogP contribution is 2.28. The van der Waals surface area contributed by atoms with Crippen LogP contribution in [0, 0.1) is 20.8 Å². The van der Waals surface area contributed by atoms with Crippen molar-refractivity contribution in [3.63, 3.8) is 0 Å². The summed E-state index contributed by atoms with van der Waals surface area (Å²) in [4.78, 5) is 27.2. The summed E-state index contributed by atoms with van der Waals surface area (Å²) in [6.07, 6.45) is 1.18. The van der Waals surface area contributed by atoms with Gasteiger partial charge in [-0.25, -0.2) is 9.97 Å². The number of nitrogens with zero attached hydrogens (tertiary/aromatic N) is 4. The van der Waals surface area contributed by atoms with Crippen LogP contribution in [0.5, 0.6) is 0 Å². The molecule has 1 aliphatic heterocycles. The third-order valence-corrected chi connectivity index (χ3v) is 5.97. The SMILES string of the molecule is Cc1cccc(-c2ccc(-c3cc4cnc(C)nc4n(CC4OCC(N)CO4)c3=O)c(C)c2)n1. The molecule has 1 saturated heterocycles. The van der Waals surface area contributed by atoms with Crippen molar-refractivity contribution >= 4 is 11.0 Å². The van der Waals surface area contributed by atoms with Crippen molar-refractivity contribution in [2.24, 2.45) is 5.73 Å². The molecule has 0 radical (unpaired) electrons. The van der Waals surface area contributed by atoms with Crippen LogP contribution in [0.3, 0.4) is 0 Å². The molecule has 34 heavy (non-hydrogen) atoms. The summed E-state index contributed by atoms with van der Waals surface area (Å²) in [6, 6.07) is 13.7.